The maximum absolute atomic E-state index is 13.6. The van der Waals surface area contributed by atoms with Gasteiger partial charge in [0.2, 0.25) is 0 Å². The molecule has 1 fully saturated rings. The van der Waals surface area contributed by atoms with Gasteiger partial charge < -0.3 is 15.0 Å². The number of amides is 1. The first-order valence-corrected chi connectivity index (χ1v) is 10.7. The average Bonchev–Trinajstić information content (AvgIpc) is 3.19. The summed E-state index contributed by atoms with van der Waals surface area (Å²) < 4.78 is 45.4. The molecule has 4 rings (SSSR count). The summed E-state index contributed by atoms with van der Waals surface area (Å²) in [5.41, 5.74) is 0.258. The summed E-state index contributed by atoms with van der Waals surface area (Å²) in [6.45, 7) is 2.67. The molecule has 34 heavy (non-hydrogen) atoms. The number of halogens is 4. The number of carbonyl (C=O) groups excluding carboxylic acids is 1. The lowest BCUT2D eigenvalue weighted by Crippen LogP contribution is -2.55. The summed E-state index contributed by atoms with van der Waals surface area (Å²) in [5.74, 6) is -0.158. The molecule has 13 heteroatoms. The molecule has 0 radical (unpaired) electrons. The van der Waals surface area contributed by atoms with E-state index in [1.165, 1.54) is 10.9 Å². The Hall–Kier alpha value is -3.25. The Morgan fingerprint density at radius 2 is 2.03 bits per heavy atom. The lowest BCUT2D eigenvalue weighted by Gasteiger charge is -2.39. The van der Waals surface area contributed by atoms with Gasteiger partial charge in [0.05, 0.1) is 47.4 Å². The van der Waals surface area contributed by atoms with Crippen LogP contribution < -0.4 is 5.32 Å². The molecule has 180 valence electrons. The van der Waals surface area contributed by atoms with Gasteiger partial charge in [0.25, 0.3) is 5.91 Å². The fraction of sp³-hybridized carbons (Fsp3) is 0.381. The smallest absolute Gasteiger partial charge is 0.374 e. The minimum Gasteiger partial charge on any atom is -0.374 e. The number of pyridine rings is 1. The van der Waals surface area contributed by atoms with Crippen LogP contribution >= 0.6 is 11.6 Å². The summed E-state index contributed by atoms with van der Waals surface area (Å²) >= 11 is 5.94. The highest BCUT2D eigenvalue weighted by atomic mass is 35.5. The van der Waals surface area contributed by atoms with Crippen LogP contribution in [0.3, 0.4) is 0 Å². The van der Waals surface area contributed by atoms with Crippen LogP contribution in [0.25, 0.3) is 11.3 Å². The number of rotatable bonds is 5. The quantitative estimate of drug-likeness (QED) is 0.580. The van der Waals surface area contributed by atoms with Gasteiger partial charge in [-0.15, -0.1) is 0 Å². The van der Waals surface area contributed by atoms with Crippen molar-refractivity contribution in [2.24, 2.45) is 7.05 Å². The molecule has 0 aromatic carbocycles. The van der Waals surface area contributed by atoms with Crippen LogP contribution in [0.5, 0.6) is 0 Å². The zero-order valence-electron chi connectivity index (χ0n) is 18.3. The van der Waals surface area contributed by atoms with Crippen LogP contribution in [0, 0.1) is 0 Å². The van der Waals surface area contributed by atoms with Crippen molar-refractivity contribution in [3.63, 3.8) is 0 Å². The SMILES string of the molecule is C[C@@H]1OCCN(C(=O)c2nn(C)cc2-c2ccc(Cl)cn2)C1CNc1cnc(C(F)(F)F)cn1. The Balaban J connectivity index is 1.54. The summed E-state index contributed by atoms with van der Waals surface area (Å²) in [6, 6.07) is 2.96. The van der Waals surface area contributed by atoms with Crippen molar-refractivity contribution in [3.8, 4) is 11.3 Å². The number of morpholine rings is 1. The standard InChI is InChI=1S/C21H21ClF3N7O2/c1-12-16(8-28-18-10-27-17(9-29-18)21(23,24)25)32(5-6-34-12)20(33)19-14(11-31(2)30-19)15-4-3-13(22)7-26-15/h3-4,7,9-12,16H,5-6,8H2,1-2H3,(H,28,29)/t12-,16?/m0/s1. The Morgan fingerprint density at radius 3 is 2.68 bits per heavy atom. The van der Waals surface area contributed by atoms with Gasteiger partial charge >= 0.3 is 6.18 Å². The molecule has 1 N–H and O–H groups in total. The molecule has 0 saturated carbocycles. The molecule has 2 atom stereocenters. The maximum Gasteiger partial charge on any atom is 0.434 e. The van der Waals surface area contributed by atoms with E-state index in [0.29, 0.717) is 35.6 Å². The van der Waals surface area contributed by atoms with Gasteiger partial charge in [0.15, 0.2) is 11.4 Å². The minimum atomic E-state index is -4.57. The summed E-state index contributed by atoms with van der Waals surface area (Å²) in [6.07, 6.45) is -0.0451. The molecule has 1 amide bonds. The van der Waals surface area contributed by atoms with Crippen molar-refractivity contribution in [3.05, 3.63) is 53.3 Å². The fourth-order valence-corrected chi connectivity index (χ4v) is 3.79. The second-order valence-electron chi connectivity index (χ2n) is 7.73. The van der Waals surface area contributed by atoms with E-state index in [1.54, 1.807) is 30.3 Å². The van der Waals surface area contributed by atoms with Gasteiger partial charge in [-0.25, -0.2) is 9.97 Å². The van der Waals surface area contributed by atoms with Gasteiger partial charge in [0, 0.05) is 32.5 Å². The average molecular weight is 496 g/mol. The van der Waals surface area contributed by atoms with Crippen LogP contribution in [0.15, 0.2) is 36.9 Å². The predicted molar refractivity (Wildman–Crippen MR) is 117 cm³/mol. The van der Waals surface area contributed by atoms with E-state index in [4.69, 9.17) is 16.3 Å². The molecule has 0 aliphatic carbocycles. The number of hydrogen-bond acceptors (Lipinski definition) is 7. The Kier molecular flexibility index (Phi) is 6.71. The lowest BCUT2D eigenvalue weighted by molar-refractivity contribution is -0.141. The van der Waals surface area contributed by atoms with Gasteiger partial charge in [-0.05, 0) is 19.1 Å². The molecule has 4 heterocycles. The maximum atomic E-state index is 13.6. The van der Waals surface area contributed by atoms with E-state index < -0.39 is 17.9 Å². The highest BCUT2D eigenvalue weighted by Crippen LogP contribution is 2.28. The summed E-state index contributed by atoms with van der Waals surface area (Å²) in [4.78, 5) is 26.7. The van der Waals surface area contributed by atoms with Crippen LogP contribution in [0.1, 0.15) is 23.1 Å². The first-order valence-electron chi connectivity index (χ1n) is 10.3. The number of nitrogens with one attached hydrogen (secondary N) is 1. The first kappa shape index (κ1) is 23.9. The van der Waals surface area contributed by atoms with Gasteiger partial charge in [0.1, 0.15) is 5.82 Å². The highest BCUT2D eigenvalue weighted by molar-refractivity contribution is 6.30. The van der Waals surface area contributed by atoms with Crippen molar-refractivity contribution < 1.29 is 22.7 Å². The third-order valence-corrected chi connectivity index (χ3v) is 5.61. The topological polar surface area (TPSA) is 98.1 Å². The number of ether oxygens (including phenoxy) is 1. The number of carbonyl (C=O) groups is 1. The van der Waals surface area contributed by atoms with E-state index in [2.05, 4.69) is 25.4 Å². The molecular formula is C21H21ClF3N7O2. The lowest BCUT2D eigenvalue weighted by atomic mass is 10.1. The van der Waals surface area contributed by atoms with Crippen molar-refractivity contribution >= 4 is 23.3 Å². The number of aromatic nitrogens is 5. The summed E-state index contributed by atoms with van der Waals surface area (Å²) in [5, 5.41) is 7.78. The Bertz CT molecular complexity index is 1150. The van der Waals surface area contributed by atoms with Gasteiger partial charge in [-0.2, -0.15) is 18.3 Å². The second kappa shape index (κ2) is 9.55. The third-order valence-electron chi connectivity index (χ3n) is 5.39. The van der Waals surface area contributed by atoms with Crippen molar-refractivity contribution in [2.45, 2.75) is 25.2 Å². The molecule has 3 aromatic heterocycles. The van der Waals surface area contributed by atoms with E-state index >= 15 is 0 Å². The molecule has 1 aliphatic heterocycles. The number of hydrogen-bond donors (Lipinski definition) is 1. The Labute approximate surface area is 197 Å². The van der Waals surface area contributed by atoms with Gasteiger partial charge in [-0.3, -0.25) is 14.5 Å². The fourth-order valence-electron chi connectivity index (χ4n) is 3.68. The van der Waals surface area contributed by atoms with Crippen molar-refractivity contribution in [1.29, 1.82) is 0 Å². The van der Waals surface area contributed by atoms with E-state index in [9.17, 15) is 18.0 Å². The van der Waals surface area contributed by atoms with Crippen LogP contribution in [0.4, 0.5) is 19.0 Å². The van der Waals surface area contributed by atoms with E-state index in [-0.39, 0.29) is 30.1 Å². The molecule has 9 nitrogen and oxygen atoms in total. The van der Waals surface area contributed by atoms with Crippen LogP contribution in [-0.4, -0.2) is 67.4 Å². The predicted octanol–water partition coefficient (Wildman–Crippen LogP) is 3.29. The van der Waals surface area contributed by atoms with Crippen LogP contribution in [-0.2, 0) is 18.0 Å². The van der Waals surface area contributed by atoms with Crippen LogP contribution in [0.2, 0.25) is 5.02 Å². The number of aryl methyl sites for hydroxylation is 1. The minimum absolute atomic E-state index is 0.155. The molecule has 0 bridgehead atoms. The molecular weight excluding hydrogens is 475 g/mol. The largest absolute Gasteiger partial charge is 0.434 e. The molecule has 1 saturated heterocycles. The molecule has 1 aliphatic rings. The van der Waals surface area contributed by atoms with Crippen molar-refractivity contribution in [2.75, 3.05) is 25.0 Å². The second-order valence-corrected chi connectivity index (χ2v) is 8.17. The van der Waals surface area contributed by atoms with E-state index in [1.807, 2.05) is 6.92 Å². The normalized spacial score (nSPS) is 18.7. The third kappa shape index (κ3) is 5.12. The monoisotopic (exact) mass is 495 g/mol. The highest BCUT2D eigenvalue weighted by Gasteiger charge is 2.36. The zero-order valence-corrected chi connectivity index (χ0v) is 19.0. The number of anilines is 1. The number of alkyl halides is 3. The van der Waals surface area contributed by atoms with Crippen molar-refractivity contribution in [1.82, 2.24) is 29.6 Å². The van der Waals surface area contributed by atoms with E-state index in [0.717, 1.165) is 6.20 Å². The first-order chi connectivity index (χ1) is 16.1. The molecule has 1 unspecified atom stereocenters. The molecule has 0 spiro atoms. The Morgan fingerprint density at radius 1 is 1.24 bits per heavy atom. The number of nitrogens with zero attached hydrogens (tertiary/aromatic N) is 6. The molecule has 3 aromatic rings. The zero-order chi connectivity index (χ0) is 24.5. The summed E-state index contributed by atoms with van der Waals surface area (Å²) in [7, 11) is 1.71. The van der Waals surface area contributed by atoms with Gasteiger partial charge in [-0.1, -0.05) is 11.6 Å².